The molecule has 1 aliphatic carbocycles. The van der Waals surface area contributed by atoms with Gasteiger partial charge in [-0.3, -0.25) is 4.99 Å². The predicted molar refractivity (Wildman–Crippen MR) is 28.5 cm³/mol. The Morgan fingerprint density at radius 1 is 1.71 bits per heavy atom. The predicted octanol–water partition coefficient (Wildman–Crippen LogP) is 0.824. The molecule has 1 rings (SSSR count). The lowest BCUT2D eigenvalue weighted by Gasteiger charge is -1.88. The zero-order valence-electron chi connectivity index (χ0n) is 4.42. The van der Waals surface area contributed by atoms with E-state index in [0.717, 1.165) is 0 Å². The summed E-state index contributed by atoms with van der Waals surface area (Å²) in [4.78, 5) is 3.67. The van der Waals surface area contributed by atoms with E-state index in [1.54, 1.807) is 7.05 Å². The van der Waals surface area contributed by atoms with Crippen molar-refractivity contribution in [2.45, 2.75) is 18.9 Å². The first kappa shape index (κ1) is 4.62. The quantitative estimate of drug-likeness (QED) is 0.371. The van der Waals surface area contributed by atoms with Crippen molar-refractivity contribution in [2.75, 3.05) is 7.05 Å². The maximum atomic E-state index is 5.01. The molecule has 40 valence electrons. The monoisotopic (exact) mass is 99.1 g/mol. The molecule has 0 unspecified atom stereocenters. The number of hydrogen-bond donors (Lipinski definition) is 0. The van der Waals surface area contributed by atoms with Crippen molar-refractivity contribution in [1.29, 1.82) is 0 Å². The largest absolute Gasteiger partial charge is 0.480 e. The molecule has 0 N–H and O–H groups in total. The van der Waals surface area contributed by atoms with Gasteiger partial charge in [0.15, 0.2) is 6.40 Å². The Balaban J connectivity index is 1.98. The normalized spacial score (nSPS) is 20.7. The minimum atomic E-state index is 0.503. The first-order valence-corrected chi connectivity index (χ1v) is 2.49. The van der Waals surface area contributed by atoms with E-state index in [1.165, 1.54) is 19.2 Å². The third-order valence-corrected chi connectivity index (χ3v) is 0.883. The zero-order valence-corrected chi connectivity index (χ0v) is 4.42. The van der Waals surface area contributed by atoms with E-state index in [1.807, 2.05) is 0 Å². The van der Waals surface area contributed by atoms with Crippen molar-refractivity contribution in [3.8, 4) is 0 Å². The molecule has 2 heteroatoms. The van der Waals surface area contributed by atoms with Gasteiger partial charge in [-0.25, -0.2) is 0 Å². The van der Waals surface area contributed by atoms with Gasteiger partial charge in [0.1, 0.15) is 6.10 Å². The average molecular weight is 99.1 g/mol. The van der Waals surface area contributed by atoms with Crippen molar-refractivity contribution < 1.29 is 4.74 Å². The molecule has 0 spiro atoms. The molecule has 1 fully saturated rings. The Kier molecular flexibility index (Phi) is 1.29. The van der Waals surface area contributed by atoms with Gasteiger partial charge in [-0.2, -0.15) is 0 Å². The van der Waals surface area contributed by atoms with Crippen molar-refractivity contribution >= 4 is 6.40 Å². The summed E-state index contributed by atoms with van der Waals surface area (Å²) in [6, 6.07) is 0. The van der Waals surface area contributed by atoms with Gasteiger partial charge >= 0.3 is 0 Å². The highest BCUT2D eigenvalue weighted by Crippen LogP contribution is 2.21. The van der Waals surface area contributed by atoms with Crippen LogP contribution in [0.25, 0.3) is 0 Å². The molecule has 0 aliphatic heterocycles. The van der Waals surface area contributed by atoms with Crippen LogP contribution in [0.2, 0.25) is 0 Å². The van der Waals surface area contributed by atoms with Gasteiger partial charge < -0.3 is 4.74 Å². The van der Waals surface area contributed by atoms with E-state index in [-0.39, 0.29) is 0 Å². The molecule has 1 saturated carbocycles. The Bertz CT molecular complexity index is 76.1. The van der Waals surface area contributed by atoms with Crippen molar-refractivity contribution in [3.05, 3.63) is 0 Å². The lowest BCUT2D eigenvalue weighted by Crippen LogP contribution is -1.87. The SMILES string of the molecule is CN=COC1CC1. The lowest BCUT2D eigenvalue weighted by atomic mass is 10.8. The topological polar surface area (TPSA) is 21.6 Å². The Morgan fingerprint density at radius 3 is 2.86 bits per heavy atom. The second-order valence-corrected chi connectivity index (χ2v) is 1.70. The fraction of sp³-hybridized carbons (Fsp3) is 0.800. The van der Waals surface area contributed by atoms with Gasteiger partial charge in [0.25, 0.3) is 0 Å². The van der Waals surface area contributed by atoms with Gasteiger partial charge in [-0.15, -0.1) is 0 Å². The molecule has 0 atom stereocenters. The summed E-state index contributed by atoms with van der Waals surface area (Å²) >= 11 is 0. The van der Waals surface area contributed by atoms with Crippen LogP contribution in [-0.4, -0.2) is 19.6 Å². The number of hydrogen-bond acceptors (Lipinski definition) is 2. The Morgan fingerprint density at radius 2 is 2.43 bits per heavy atom. The zero-order chi connectivity index (χ0) is 5.11. The number of ether oxygens (including phenoxy) is 1. The Labute approximate surface area is 43.2 Å². The summed E-state index contributed by atoms with van der Waals surface area (Å²) in [5.74, 6) is 0. The fourth-order valence-corrected chi connectivity index (χ4v) is 0.351. The maximum Gasteiger partial charge on any atom is 0.169 e. The van der Waals surface area contributed by atoms with E-state index in [2.05, 4.69) is 4.99 Å². The molecular formula is C5H9NO. The van der Waals surface area contributed by atoms with Crippen LogP contribution in [-0.2, 0) is 4.74 Å². The third kappa shape index (κ3) is 1.57. The second-order valence-electron chi connectivity index (χ2n) is 1.70. The highest BCUT2D eigenvalue weighted by molar-refractivity contribution is 5.46. The smallest absolute Gasteiger partial charge is 0.169 e. The van der Waals surface area contributed by atoms with E-state index in [4.69, 9.17) is 4.74 Å². The molecule has 2 nitrogen and oxygen atoms in total. The van der Waals surface area contributed by atoms with Crippen molar-refractivity contribution in [2.24, 2.45) is 4.99 Å². The van der Waals surface area contributed by atoms with Crippen molar-refractivity contribution in [3.63, 3.8) is 0 Å². The van der Waals surface area contributed by atoms with Crippen LogP contribution in [0.5, 0.6) is 0 Å². The van der Waals surface area contributed by atoms with E-state index >= 15 is 0 Å². The highest BCUT2D eigenvalue weighted by Gasteiger charge is 2.21. The van der Waals surface area contributed by atoms with E-state index < -0.39 is 0 Å². The molecule has 0 saturated heterocycles. The van der Waals surface area contributed by atoms with Gasteiger partial charge in [-0.1, -0.05) is 0 Å². The summed E-state index contributed by atoms with van der Waals surface area (Å²) in [6.45, 7) is 0. The number of rotatable bonds is 2. The molecule has 0 aromatic heterocycles. The first-order chi connectivity index (χ1) is 3.43. The molecule has 0 amide bonds. The van der Waals surface area contributed by atoms with Gasteiger partial charge in [-0.05, 0) is 12.8 Å². The van der Waals surface area contributed by atoms with Crippen LogP contribution in [0.15, 0.2) is 4.99 Å². The van der Waals surface area contributed by atoms with E-state index in [0.29, 0.717) is 6.10 Å². The first-order valence-electron chi connectivity index (χ1n) is 2.49. The average Bonchev–Trinajstić information content (AvgIpc) is 2.42. The summed E-state index contributed by atoms with van der Waals surface area (Å²) in [7, 11) is 1.71. The van der Waals surface area contributed by atoms with Crippen LogP contribution in [0.3, 0.4) is 0 Å². The van der Waals surface area contributed by atoms with Crippen LogP contribution in [0.1, 0.15) is 12.8 Å². The molecule has 0 radical (unpaired) electrons. The van der Waals surface area contributed by atoms with Crippen LogP contribution >= 0.6 is 0 Å². The highest BCUT2D eigenvalue weighted by atomic mass is 16.5. The molecular weight excluding hydrogens is 90.1 g/mol. The van der Waals surface area contributed by atoms with Crippen LogP contribution < -0.4 is 0 Å². The van der Waals surface area contributed by atoms with Gasteiger partial charge in [0.2, 0.25) is 0 Å². The molecule has 1 aliphatic rings. The number of aliphatic imine (C=N–C) groups is 1. The molecule has 0 aromatic rings. The summed E-state index contributed by atoms with van der Waals surface area (Å²) < 4.78 is 5.01. The maximum absolute atomic E-state index is 5.01. The van der Waals surface area contributed by atoms with E-state index in [9.17, 15) is 0 Å². The minimum absolute atomic E-state index is 0.503. The van der Waals surface area contributed by atoms with Gasteiger partial charge in [0.05, 0.1) is 0 Å². The standard InChI is InChI=1S/C5H9NO/c1-6-4-7-5-2-3-5/h4-5H,2-3H2,1H3. The fourth-order valence-electron chi connectivity index (χ4n) is 0.351. The van der Waals surface area contributed by atoms with Crippen molar-refractivity contribution in [1.82, 2.24) is 0 Å². The minimum Gasteiger partial charge on any atom is -0.480 e. The third-order valence-electron chi connectivity index (χ3n) is 0.883. The van der Waals surface area contributed by atoms with Crippen LogP contribution in [0.4, 0.5) is 0 Å². The molecule has 0 heterocycles. The lowest BCUT2D eigenvalue weighted by molar-refractivity contribution is 0.304. The van der Waals surface area contributed by atoms with Crippen LogP contribution in [0, 0.1) is 0 Å². The summed E-state index contributed by atoms with van der Waals surface area (Å²) in [6.07, 6.45) is 4.44. The summed E-state index contributed by atoms with van der Waals surface area (Å²) in [5, 5.41) is 0. The molecule has 0 bridgehead atoms. The Hall–Kier alpha value is -0.530. The van der Waals surface area contributed by atoms with Gasteiger partial charge in [0, 0.05) is 7.05 Å². The second kappa shape index (κ2) is 1.96. The number of nitrogens with zero attached hydrogens (tertiary/aromatic N) is 1. The molecule has 0 aromatic carbocycles. The molecule has 7 heavy (non-hydrogen) atoms. The summed E-state index contributed by atoms with van der Waals surface area (Å²) in [5.41, 5.74) is 0.